The summed E-state index contributed by atoms with van der Waals surface area (Å²) in [5.41, 5.74) is 7.52. The normalized spacial score (nSPS) is 13.3. The molecule has 31 heavy (non-hydrogen) atoms. The molecule has 0 bridgehead atoms. The van der Waals surface area contributed by atoms with E-state index in [1.165, 1.54) is 6.07 Å². The van der Waals surface area contributed by atoms with Gasteiger partial charge in [-0.1, -0.05) is 18.2 Å². The molecule has 156 valence electrons. The van der Waals surface area contributed by atoms with E-state index >= 15 is 0 Å². The van der Waals surface area contributed by atoms with Crippen LogP contribution in [0.2, 0.25) is 0 Å². The lowest BCUT2D eigenvalue weighted by atomic mass is 9.97. The maximum atomic E-state index is 13.1. The van der Waals surface area contributed by atoms with Gasteiger partial charge in [-0.05, 0) is 53.6 Å². The third-order valence-corrected chi connectivity index (χ3v) is 5.14. The number of carbonyl (C=O) groups excluding carboxylic acids is 2. The molecule has 0 aromatic heterocycles. The monoisotopic (exact) mass is 418 g/mol. The van der Waals surface area contributed by atoms with Gasteiger partial charge < -0.3 is 30.0 Å². The zero-order valence-corrected chi connectivity index (χ0v) is 16.3. The first kappa shape index (κ1) is 18.8. The molecule has 0 unspecified atom stereocenters. The number of carbonyl (C=O) groups is 2. The smallest absolute Gasteiger partial charge is 0.252 e. The first-order chi connectivity index (χ1) is 15.1. The Labute approximate surface area is 177 Å². The van der Waals surface area contributed by atoms with Gasteiger partial charge in [-0.2, -0.15) is 0 Å². The number of rotatable bonds is 5. The first-order valence-corrected chi connectivity index (χ1v) is 9.58. The first-order valence-electron chi connectivity index (χ1n) is 9.58. The minimum absolute atomic E-state index is 0.153. The molecular formula is C23H18N2O6. The van der Waals surface area contributed by atoms with E-state index in [1.54, 1.807) is 30.3 Å². The van der Waals surface area contributed by atoms with Crippen molar-refractivity contribution in [3.63, 3.8) is 0 Å². The molecule has 8 heteroatoms. The number of hydrogen-bond acceptors (Lipinski definition) is 6. The Morgan fingerprint density at radius 1 is 0.742 bits per heavy atom. The standard InChI is InChI=1S/C23H18N2O6/c24-22(26)15-2-1-3-16(8-15)23(27)25-21(13-4-6-17-19(9-13)30-11-28-17)14-5-7-18-20(10-14)31-12-29-18/h1-10,21H,11-12H2,(H2,24,26)(H,25,27). The van der Waals surface area contributed by atoms with Gasteiger partial charge >= 0.3 is 0 Å². The van der Waals surface area contributed by atoms with Crippen LogP contribution in [0.1, 0.15) is 37.9 Å². The van der Waals surface area contributed by atoms with Crippen molar-refractivity contribution < 1.29 is 28.5 Å². The van der Waals surface area contributed by atoms with Crippen LogP contribution in [0.3, 0.4) is 0 Å². The SMILES string of the molecule is NC(=O)c1cccc(C(=O)NC(c2ccc3c(c2)OCO3)c2ccc3c(c2)OCO3)c1. The van der Waals surface area contributed by atoms with Crippen molar-refractivity contribution in [2.24, 2.45) is 5.73 Å². The largest absolute Gasteiger partial charge is 0.454 e. The highest BCUT2D eigenvalue weighted by Crippen LogP contribution is 2.39. The van der Waals surface area contributed by atoms with Gasteiger partial charge in [0.2, 0.25) is 19.5 Å². The van der Waals surface area contributed by atoms with Crippen molar-refractivity contribution >= 4 is 11.8 Å². The second-order valence-electron chi connectivity index (χ2n) is 7.08. The fourth-order valence-corrected chi connectivity index (χ4v) is 3.57. The van der Waals surface area contributed by atoms with Gasteiger partial charge in [0.25, 0.3) is 5.91 Å². The van der Waals surface area contributed by atoms with Gasteiger partial charge in [-0.15, -0.1) is 0 Å². The zero-order valence-electron chi connectivity index (χ0n) is 16.3. The van der Waals surface area contributed by atoms with Crippen molar-refractivity contribution in [3.05, 3.63) is 82.9 Å². The molecule has 0 radical (unpaired) electrons. The third kappa shape index (κ3) is 3.59. The summed E-state index contributed by atoms with van der Waals surface area (Å²) in [5, 5.41) is 3.03. The topological polar surface area (TPSA) is 109 Å². The summed E-state index contributed by atoms with van der Waals surface area (Å²) in [6.45, 7) is 0.305. The van der Waals surface area contributed by atoms with E-state index in [1.807, 2.05) is 24.3 Å². The summed E-state index contributed by atoms with van der Waals surface area (Å²) in [6, 6.07) is 16.7. The van der Waals surface area contributed by atoms with E-state index in [0.717, 1.165) is 11.1 Å². The van der Waals surface area contributed by atoms with Gasteiger partial charge in [0.15, 0.2) is 23.0 Å². The average molecular weight is 418 g/mol. The summed E-state index contributed by atoms with van der Waals surface area (Å²) < 4.78 is 21.8. The van der Waals surface area contributed by atoms with Crippen LogP contribution < -0.4 is 30.0 Å². The Kier molecular flexibility index (Phi) is 4.59. The van der Waals surface area contributed by atoms with Crippen LogP contribution in [0, 0.1) is 0 Å². The Hall–Kier alpha value is -4.20. The molecule has 3 N–H and O–H groups in total. The number of primary amides is 1. The van der Waals surface area contributed by atoms with Gasteiger partial charge in [-0.3, -0.25) is 9.59 Å². The highest BCUT2D eigenvalue weighted by molar-refractivity contribution is 5.99. The number of benzene rings is 3. The predicted octanol–water partition coefficient (Wildman–Crippen LogP) is 2.76. The Bertz CT molecular complexity index is 1130. The highest BCUT2D eigenvalue weighted by Gasteiger charge is 2.24. The van der Waals surface area contributed by atoms with Crippen LogP contribution in [-0.4, -0.2) is 25.4 Å². The molecule has 3 aromatic carbocycles. The van der Waals surface area contributed by atoms with E-state index in [-0.39, 0.29) is 25.1 Å². The fraction of sp³-hybridized carbons (Fsp3) is 0.130. The van der Waals surface area contributed by atoms with Gasteiger partial charge in [0.05, 0.1) is 6.04 Å². The maximum absolute atomic E-state index is 13.1. The Morgan fingerprint density at radius 3 is 1.87 bits per heavy atom. The lowest BCUT2D eigenvalue weighted by Crippen LogP contribution is -2.29. The molecule has 0 saturated heterocycles. The molecule has 0 spiro atoms. The lowest BCUT2D eigenvalue weighted by molar-refractivity contribution is 0.0942. The van der Waals surface area contributed by atoms with E-state index in [9.17, 15) is 9.59 Å². The Balaban J connectivity index is 1.52. The molecule has 8 nitrogen and oxygen atoms in total. The van der Waals surface area contributed by atoms with E-state index in [4.69, 9.17) is 24.7 Å². The summed E-state index contributed by atoms with van der Waals surface area (Å²) >= 11 is 0. The van der Waals surface area contributed by atoms with Crippen LogP contribution in [0.4, 0.5) is 0 Å². The second-order valence-corrected chi connectivity index (χ2v) is 7.08. The molecule has 0 aliphatic carbocycles. The minimum atomic E-state index is -0.599. The number of fused-ring (bicyclic) bond motifs is 2. The number of hydrogen-bond donors (Lipinski definition) is 2. The fourth-order valence-electron chi connectivity index (χ4n) is 3.57. The van der Waals surface area contributed by atoms with Crippen LogP contribution in [-0.2, 0) is 0 Å². The van der Waals surface area contributed by atoms with Crippen molar-refractivity contribution in [3.8, 4) is 23.0 Å². The number of nitrogens with two attached hydrogens (primary N) is 1. The number of amides is 2. The van der Waals surface area contributed by atoms with Crippen molar-refractivity contribution in [1.29, 1.82) is 0 Å². The van der Waals surface area contributed by atoms with Crippen LogP contribution in [0.25, 0.3) is 0 Å². The molecule has 0 saturated carbocycles. The van der Waals surface area contributed by atoms with E-state index in [2.05, 4.69) is 5.32 Å². The molecule has 0 atom stereocenters. The van der Waals surface area contributed by atoms with E-state index < -0.39 is 11.9 Å². The van der Waals surface area contributed by atoms with Crippen molar-refractivity contribution in [2.75, 3.05) is 13.6 Å². The number of ether oxygens (including phenoxy) is 4. The summed E-state index contributed by atoms with van der Waals surface area (Å²) in [4.78, 5) is 24.6. The van der Waals surface area contributed by atoms with Gasteiger partial charge in [0, 0.05) is 11.1 Å². The third-order valence-electron chi connectivity index (χ3n) is 5.14. The summed E-state index contributed by atoms with van der Waals surface area (Å²) in [5.74, 6) is 1.55. The van der Waals surface area contributed by atoms with Crippen LogP contribution >= 0.6 is 0 Å². The molecule has 0 fully saturated rings. The van der Waals surface area contributed by atoms with Gasteiger partial charge in [-0.25, -0.2) is 0 Å². The maximum Gasteiger partial charge on any atom is 0.252 e. The molecule has 2 amide bonds. The molecule has 2 aliphatic heterocycles. The quantitative estimate of drug-likeness (QED) is 0.660. The predicted molar refractivity (Wildman–Crippen MR) is 109 cm³/mol. The highest BCUT2D eigenvalue weighted by atomic mass is 16.7. The van der Waals surface area contributed by atoms with E-state index in [0.29, 0.717) is 28.6 Å². The molecular weight excluding hydrogens is 400 g/mol. The summed E-state index contributed by atoms with van der Waals surface area (Å²) in [6.07, 6.45) is 0. The molecule has 5 rings (SSSR count). The van der Waals surface area contributed by atoms with Crippen molar-refractivity contribution in [1.82, 2.24) is 5.32 Å². The number of nitrogens with one attached hydrogen (secondary N) is 1. The molecule has 3 aromatic rings. The van der Waals surface area contributed by atoms with Crippen LogP contribution in [0.15, 0.2) is 60.7 Å². The van der Waals surface area contributed by atoms with Crippen LogP contribution in [0.5, 0.6) is 23.0 Å². The van der Waals surface area contributed by atoms with Gasteiger partial charge in [0.1, 0.15) is 0 Å². The van der Waals surface area contributed by atoms with Crippen molar-refractivity contribution in [2.45, 2.75) is 6.04 Å². The summed E-state index contributed by atoms with van der Waals surface area (Å²) in [7, 11) is 0. The lowest BCUT2D eigenvalue weighted by Gasteiger charge is -2.21. The molecule has 2 heterocycles. The zero-order chi connectivity index (χ0) is 21.4. The minimum Gasteiger partial charge on any atom is -0.454 e. The Morgan fingerprint density at radius 2 is 1.29 bits per heavy atom. The average Bonchev–Trinajstić information content (AvgIpc) is 3.45. The molecule has 2 aliphatic rings. The second kappa shape index (κ2) is 7.56.